The highest BCUT2D eigenvalue weighted by molar-refractivity contribution is 9.11. The van der Waals surface area contributed by atoms with Crippen LogP contribution in [0.5, 0.6) is 17.4 Å². The van der Waals surface area contributed by atoms with Crippen molar-refractivity contribution >= 4 is 87.3 Å². The Morgan fingerprint density at radius 3 is 1.79 bits per heavy atom. The van der Waals surface area contributed by atoms with E-state index in [0.717, 1.165) is 17.7 Å². The largest absolute Gasteiger partial charge is 0.534 e. The molecule has 0 bridgehead atoms. The summed E-state index contributed by atoms with van der Waals surface area (Å²) in [6.45, 7) is 0. The molecule has 0 aliphatic rings. The second-order valence-electron chi connectivity index (χ2n) is 8.68. The molecule has 0 N–H and O–H groups in total. The Kier molecular flexibility index (Phi) is 10.9. The second-order valence-corrected chi connectivity index (χ2v) is 12.9. The predicted molar refractivity (Wildman–Crippen MR) is 169 cm³/mol. The highest BCUT2D eigenvalue weighted by Gasteiger charge is 2.49. The highest BCUT2D eigenvalue weighted by Crippen LogP contribution is 2.37. The molecule has 0 fully saturated rings. The first kappa shape index (κ1) is 35.7. The summed E-state index contributed by atoms with van der Waals surface area (Å²) in [7, 11) is -0.707. The number of hydrogen-bond acceptors (Lipinski definition) is 14. The van der Waals surface area contributed by atoms with Gasteiger partial charge in [-0.3, -0.25) is 4.98 Å². The van der Waals surface area contributed by atoms with E-state index < -0.39 is 33.4 Å². The van der Waals surface area contributed by atoms with Gasteiger partial charge in [-0.05, 0) is 55.4 Å². The average Bonchev–Trinajstić information content (AvgIpc) is 3.57. The molecule has 3 aromatic heterocycles. The van der Waals surface area contributed by atoms with Gasteiger partial charge in [0.15, 0.2) is 0 Å². The number of carbonyl (C=O) groups is 2. The molecule has 5 rings (SSSR count). The van der Waals surface area contributed by atoms with Crippen molar-refractivity contribution < 1.29 is 54.3 Å². The monoisotopic (exact) mass is 822 g/mol. The summed E-state index contributed by atoms with van der Waals surface area (Å²) < 4.78 is 83.7. The van der Waals surface area contributed by atoms with E-state index >= 15 is 0 Å². The van der Waals surface area contributed by atoms with Crippen LogP contribution < -0.4 is 13.7 Å². The minimum Gasteiger partial charge on any atom is -0.495 e. The van der Waals surface area contributed by atoms with Crippen LogP contribution in [0.4, 0.5) is 13.2 Å². The molecule has 0 atom stereocenters. The average molecular weight is 824 g/mol. The van der Waals surface area contributed by atoms with Crippen LogP contribution in [0, 0.1) is 0 Å². The molecule has 0 spiro atoms. The van der Waals surface area contributed by atoms with Crippen molar-refractivity contribution in [1.29, 1.82) is 0 Å². The lowest BCUT2D eigenvalue weighted by molar-refractivity contribution is -0.0501. The zero-order chi connectivity index (χ0) is 34.7. The van der Waals surface area contributed by atoms with E-state index in [9.17, 15) is 31.2 Å². The van der Waals surface area contributed by atoms with Gasteiger partial charge >= 0.3 is 27.6 Å². The van der Waals surface area contributed by atoms with Crippen molar-refractivity contribution in [3.8, 4) is 28.0 Å². The number of fused-ring (bicyclic) bond motifs is 2. The number of thiophene rings is 1. The second kappa shape index (κ2) is 14.3. The predicted octanol–water partition coefficient (Wildman–Crippen LogP) is 6.33. The molecule has 0 amide bonds. The van der Waals surface area contributed by atoms with Gasteiger partial charge in [-0.1, -0.05) is 6.07 Å². The van der Waals surface area contributed by atoms with Crippen LogP contribution in [0.25, 0.3) is 32.6 Å². The van der Waals surface area contributed by atoms with Crippen molar-refractivity contribution in [2.75, 3.05) is 28.4 Å². The first-order chi connectivity index (χ1) is 22.2. The van der Waals surface area contributed by atoms with E-state index in [0.29, 0.717) is 27.5 Å². The molecule has 3 heterocycles. The van der Waals surface area contributed by atoms with Crippen LogP contribution in [-0.2, 0) is 19.6 Å². The molecule has 20 heteroatoms. The Bertz CT molecular complexity index is 2100. The van der Waals surface area contributed by atoms with E-state index in [1.54, 1.807) is 23.6 Å². The number of halogens is 5. The van der Waals surface area contributed by atoms with Crippen LogP contribution in [0.1, 0.15) is 20.7 Å². The summed E-state index contributed by atoms with van der Waals surface area (Å²) in [5.74, 6) is -1.82. The quantitative estimate of drug-likeness (QED) is 0.102. The Morgan fingerprint density at radius 2 is 1.34 bits per heavy atom. The fourth-order valence-corrected chi connectivity index (χ4v) is 6.16. The summed E-state index contributed by atoms with van der Waals surface area (Å²) in [5, 5.41) is 1.98. The molecule has 0 saturated heterocycles. The topological polar surface area (TPSA) is 166 Å². The van der Waals surface area contributed by atoms with Crippen molar-refractivity contribution in [2.45, 2.75) is 5.51 Å². The molecule has 0 unspecified atom stereocenters. The first-order valence-corrected chi connectivity index (χ1v) is 16.3. The van der Waals surface area contributed by atoms with Gasteiger partial charge in [0.2, 0.25) is 0 Å². The van der Waals surface area contributed by atoms with Gasteiger partial charge in [0.1, 0.15) is 33.7 Å². The van der Waals surface area contributed by atoms with E-state index in [-0.39, 0.29) is 32.4 Å². The lowest BCUT2D eigenvalue weighted by Crippen LogP contribution is -2.28. The molecule has 47 heavy (non-hydrogen) atoms. The Labute approximate surface area is 284 Å². The number of alkyl halides is 3. The van der Waals surface area contributed by atoms with E-state index in [1.165, 1.54) is 27.4 Å². The van der Waals surface area contributed by atoms with E-state index in [4.69, 9.17) is 14.2 Å². The number of aromatic nitrogens is 4. The molecular formula is C27H19Br2F3N4O9S2. The third-order valence-electron chi connectivity index (χ3n) is 5.90. The lowest BCUT2D eigenvalue weighted by atomic mass is 10.1. The Hall–Kier alpha value is -4.14. The summed E-state index contributed by atoms with van der Waals surface area (Å²) in [6.07, 6.45) is 2.28. The van der Waals surface area contributed by atoms with E-state index in [1.807, 2.05) is 17.5 Å². The smallest absolute Gasteiger partial charge is 0.495 e. The summed E-state index contributed by atoms with van der Waals surface area (Å²) in [4.78, 5) is 41.4. The fraction of sp³-hybridized carbons (Fsp3) is 0.185. The van der Waals surface area contributed by atoms with Gasteiger partial charge < -0.3 is 23.1 Å². The van der Waals surface area contributed by atoms with Gasteiger partial charge in [-0.25, -0.2) is 24.5 Å². The minimum absolute atomic E-state index is 0.0604. The SMILES string of the molecule is COC(=O)c1c(OC)c(Br)cc2nc(-c3cccs3)cnc12.COC(=O)c1c(OC)c(Br)cc2nc(OS(=O)(=O)C(F)(F)F)cnc12. The minimum atomic E-state index is -5.90. The van der Waals surface area contributed by atoms with Crippen molar-refractivity contribution in [1.82, 2.24) is 19.9 Å². The van der Waals surface area contributed by atoms with Crippen LogP contribution in [0.15, 0.2) is 51.0 Å². The Balaban J connectivity index is 0.000000214. The molecular weight excluding hydrogens is 805 g/mol. The maximum atomic E-state index is 12.4. The summed E-state index contributed by atoms with van der Waals surface area (Å²) in [6, 6.07) is 6.97. The number of esters is 2. The highest BCUT2D eigenvalue weighted by atomic mass is 79.9. The fourth-order valence-electron chi connectivity index (χ4n) is 3.93. The zero-order valence-electron chi connectivity index (χ0n) is 24.2. The molecule has 5 aromatic rings. The van der Waals surface area contributed by atoms with E-state index in [2.05, 4.69) is 60.7 Å². The van der Waals surface area contributed by atoms with Gasteiger partial charge in [0.25, 0.3) is 5.88 Å². The first-order valence-electron chi connectivity index (χ1n) is 12.4. The van der Waals surface area contributed by atoms with Gasteiger partial charge in [0.05, 0.1) is 71.4 Å². The molecule has 0 saturated carbocycles. The number of benzene rings is 2. The molecule has 2 aromatic carbocycles. The summed E-state index contributed by atoms with van der Waals surface area (Å²) >= 11 is 8.09. The maximum absolute atomic E-state index is 12.4. The molecule has 0 radical (unpaired) electrons. The number of ether oxygens (including phenoxy) is 4. The van der Waals surface area contributed by atoms with Crippen LogP contribution in [0.3, 0.4) is 0 Å². The van der Waals surface area contributed by atoms with Gasteiger partial charge in [-0.15, -0.1) is 11.3 Å². The molecule has 0 aliphatic heterocycles. The zero-order valence-corrected chi connectivity index (χ0v) is 29.0. The number of hydrogen-bond donors (Lipinski definition) is 0. The van der Waals surface area contributed by atoms with Crippen LogP contribution in [-0.4, -0.2) is 74.2 Å². The third kappa shape index (κ3) is 7.39. The number of rotatable bonds is 7. The number of carbonyl (C=O) groups excluding carboxylic acids is 2. The molecule has 248 valence electrons. The number of methoxy groups -OCH3 is 4. The van der Waals surface area contributed by atoms with Crippen molar-refractivity contribution in [3.05, 3.63) is 62.1 Å². The number of nitrogens with zero attached hydrogens (tertiary/aromatic N) is 4. The van der Waals surface area contributed by atoms with Gasteiger partial charge in [-0.2, -0.15) is 21.6 Å². The lowest BCUT2D eigenvalue weighted by Gasteiger charge is -2.12. The molecule has 0 aliphatic carbocycles. The Morgan fingerprint density at radius 1 is 0.830 bits per heavy atom. The standard InChI is InChI=1S/C15H11BrN2O3S.C12H8BrF3N2O6S/c1-20-14-8(16)6-9-13(12(14)15(19)21-2)17-7-10(18-9)11-4-3-5-22-11;1-22-10-5(13)3-6-9(8(10)11(19)23-2)17-4-7(18-6)24-25(20,21)12(14,15)16/h3-7H,1-2H3;3-4H,1-2H3. The summed E-state index contributed by atoms with van der Waals surface area (Å²) in [5.41, 5.74) is -3.90. The normalized spacial score (nSPS) is 11.4. The van der Waals surface area contributed by atoms with Crippen LogP contribution in [0.2, 0.25) is 0 Å². The molecule has 13 nitrogen and oxygen atoms in total. The van der Waals surface area contributed by atoms with Gasteiger partial charge in [0, 0.05) is 0 Å². The third-order valence-corrected chi connectivity index (χ3v) is 8.93. The van der Waals surface area contributed by atoms with Crippen molar-refractivity contribution in [2.24, 2.45) is 0 Å². The van der Waals surface area contributed by atoms with Crippen molar-refractivity contribution in [3.63, 3.8) is 0 Å². The van der Waals surface area contributed by atoms with Crippen LogP contribution >= 0.6 is 43.2 Å². The maximum Gasteiger partial charge on any atom is 0.534 e.